The fourth-order valence-corrected chi connectivity index (χ4v) is 0.727. The van der Waals surface area contributed by atoms with E-state index in [0.29, 0.717) is 0 Å². The van der Waals surface area contributed by atoms with Crippen LogP contribution >= 0.6 is 25.7 Å². The molecule has 0 fully saturated rings. The summed E-state index contributed by atoms with van der Waals surface area (Å²) in [6.45, 7) is 0. The van der Waals surface area contributed by atoms with Gasteiger partial charge in [-0.2, -0.15) is 5.10 Å². The van der Waals surface area contributed by atoms with Crippen LogP contribution in [-0.4, -0.2) is 15.2 Å². The molecule has 0 aromatic carbocycles. The lowest BCUT2D eigenvalue weighted by atomic mass is 10.5. The summed E-state index contributed by atoms with van der Waals surface area (Å²) in [5, 5.41) is 3.64. The summed E-state index contributed by atoms with van der Waals surface area (Å²) in [5.41, 5.74) is 0.185. The van der Waals surface area contributed by atoms with Gasteiger partial charge in [0.15, 0.2) is 5.69 Å². The first-order valence-corrected chi connectivity index (χ1v) is 3.11. The molecule has 1 rings (SSSR count). The number of aromatic nitrogens is 2. The summed E-state index contributed by atoms with van der Waals surface area (Å²) < 4.78 is 5.30. The van der Waals surface area contributed by atoms with Crippen LogP contribution in [0.15, 0.2) is 12.3 Å². The van der Waals surface area contributed by atoms with Crippen molar-refractivity contribution >= 4 is 31.7 Å². The Morgan fingerprint density at radius 2 is 2.50 bits per heavy atom. The van der Waals surface area contributed by atoms with Crippen molar-refractivity contribution in [1.29, 1.82) is 0 Å². The van der Waals surface area contributed by atoms with Gasteiger partial charge in [0, 0.05) is 19.1 Å². The van der Waals surface area contributed by atoms with Gasteiger partial charge in [-0.05, 0) is 18.9 Å². The first-order chi connectivity index (χ1) is 4.74. The molecular weight excluding hydrogens is 172 g/mol. The van der Waals surface area contributed by atoms with Gasteiger partial charge < -0.3 is 4.18 Å². The zero-order valence-corrected chi connectivity index (χ0v) is 6.55. The quantitative estimate of drug-likeness (QED) is 0.486. The van der Waals surface area contributed by atoms with Crippen LogP contribution in [0.4, 0.5) is 0 Å². The molecule has 0 atom stereocenters. The second kappa shape index (κ2) is 2.98. The van der Waals surface area contributed by atoms with Gasteiger partial charge in [0.1, 0.15) is 0 Å². The summed E-state index contributed by atoms with van der Waals surface area (Å²) in [6.07, 6.45) is 1.52. The maximum atomic E-state index is 10.6. The first kappa shape index (κ1) is 7.49. The minimum atomic E-state index is -0.587. The topological polar surface area (TPSA) is 44.1 Å². The maximum Gasteiger partial charge on any atom is 0.370 e. The van der Waals surface area contributed by atoms with Gasteiger partial charge in [-0.15, -0.1) is 0 Å². The first-order valence-electron chi connectivity index (χ1n) is 2.34. The minimum Gasteiger partial charge on any atom is -0.390 e. The van der Waals surface area contributed by atoms with Crippen molar-refractivity contribution in [2.45, 2.75) is 0 Å². The van der Waals surface area contributed by atoms with E-state index in [1.165, 1.54) is 16.4 Å². The van der Waals surface area contributed by atoms with E-state index in [1.54, 1.807) is 0 Å². The summed E-state index contributed by atoms with van der Waals surface area (Å²) in [5.74, 6) is -0.587. The van der Waals surface area contributed by atoms with Gasteiger partial charge in [-0.1, -0.05) is 0 Å². The molecule has 4 nitrogen and oxygen atoms in total. The molecule has 1 aromatic rings. The van der Waals surface area contributed by atoms with Crippen LogP contribution in [-0.2, 0) is 4.18 Å². The van der Waals surface area contributed by atoms with Crippen LogP contribution in [0.1, 0.15) is 10.5 Å². The van der Waals surface area contributed by atoms with Crippen LogP contribution in [0, 0.1) is 0 Å². The van der Waals surface area contributed by atoms with Gasteiger partial charge in [0.25, 0.3) is 0 Å². The smallest absolute Gasteiger partial charge is 0.370 e. The van der Waals surface area contributed by atoms with Crippen LogP contribution < -0.4 is 0 Å². The Bertz CT molecular complexity index is 247. The molecule has 0 aliphatic rings. The van der Waals surface area contributed by atoms with E-state index in [9.17, 15) is 4.79 Å². The minimum absolute atomic E-state index is 0.185. The molecule has 1 aromatic heterocycles. The Hall–Kier alpha value is -0.620. The van der Waals surface area contributed by atoms with Crippen molar-refractivity contribution in [2.75, 3.05) is 0 Å². The Morgan fingerprint density at radius 1 is 1.80 bits per heavy atom. The molecule has 0 spiro atoms. The van der Waals surface area contributed by atoms with E-state index in [0.717, 1.165) is 0 Å². The predicted octanol–water partition coefficient (Wildman–Crippen LogP) is 0.578. The summed E-state index contributed by atoms with van der Waals surface area (Å²) in [6, 6.07) is 1.48. The maximum absolute atomic E-state index is 10.6. The lowest BCUT2D eigenvalue weighted by Crippen LogP contribution is -1.98. The standard InChI is InChI=1S/C4H4N2O2S2/c7-4(8-10)3-1-2-6(9)5-3/h1-2,9-10H. The summed E-state index contributed by atoms with van der Waals surface area (Å²) in [4.78, 5) is 10.6. The molecule has 6 heteroatoms. The highest BCUT2D eigenvalue weighted by Crippen LogP contribution is 1.99. The second-order valence-corrected chi connectivity index (χ2v) is 2.09. The molecule has 10 heavy (non-hydrogen) atoms. The Kier molecular flexibility index (Phi) is 2.23. The Balaban J connectivity index is 2.85. The van der Waals surface area contributed by atoms with Gasteiger partial charge in [-0.25, -0.2) is 8.88 Å². The molecule has 0 saturated heterocycles. The fraction of sp³-hybridized carbons (Fsp3) is 0. The third kappa shape index (κ3) is 1.45. The average Bonchev–Trinajstić information content (AvgIpc) is 2.34. The molecule has 0 aliphatic carbocycles. The highest BCUT2D eigenvalue weighted by atomic mass is 32.1. The van der Waals surface area contributed by atoms with Crippen molar-refractivity contribution < 1.29 is 8.98 Å². The van der Waals surface area contributed by atoms with Crippen molar-refractivity contribution in [3.05, 3.63) is 18.0 Å². The van der Waals surface area contributed by atoms with Crippen LogP contribution in [0.25, 0.3) is 0 Å². The molecule has 0 N–H and O–H groups in total. The highest BCUT2D eigenvalue weighted by Gasteiger charge is 2.07. The number of rotatable bonds is 1. The monoisotopic (exact) mass is 176 g/mol. The fourth-order valence-electron chi connectivity index (χ4n) is 0.470. The van der Waals surface area contributed by atoms with Crippen LogP contribution in [0.5, 0.6) is 0 Å². The van der Waals surface area contributed by atoms with E-state index in [2.05, 4.69) is 35.0 Å². The normalized spacial score (nSPS) is 9.40. The average molecular weight is 176 g/mol. The zero-order valence-electron chi connectivity index (χ0n) is 4.76. The van der Waals surface area contributed by atoms with Crippen molar-refractivity contribution in [3.63, 3.8) is 0 Å². The van der Waals surface area contributed by atoms with Crippen molar-refractivity contribution in [2.24, 2.45) is 0 Å². The number of carbonyl (C=O) groups is 1. The van der Waals surface area contributed by atoms with E-state index < -0.39 is 5.97 Å². The molecule has 54 valence electrons. The van der Waals surface area contributed by atoms with Crippen molar-refractivity contribution in [3.8, 4) is 0 Å². The molecule has 0 bridgehead atoms. The molecule has 0 saturated carbocycles. The van der Waals surface area contributed by atoms with E-state index in [4.69, 9.17) is 0 Å². The van der Waals surface area contributed by atoms with E-state index in [-0.39, 0.29) is 5.69 Å². The summed E-state index contributed by atoms with van der Waals surface area (Å²) >= 11 is 7.12. The van der Waals surface area contributed by atoms with Gasteiger partial charge in [0.05, 0.1) is 0 Å². The third-order valence-electron chi connectivity index (χ3n) is 0.868. The summed E-state index contributed by atoms with van der Waals surface area (Å²) in [7, 11) is 0. The van der Waals surface area contributed by atoms with Gasteiger partial charge >= 0.3 is 5.97 Å². The second-order valence-electron chi connectivity index (χ2n) is 1.50. The lowest BCUT2D eigenvalue weighted by molar-refractivity contribution is 0.0766. The molecule has 0 aliphatic heterocycles. The van der Waals surface area contributed by atoms with Crippen molar-refractivity contribution in [1.82, 2.24) is 9.19 Å². The van der Waals surface area contributed by atoms with Crippen LogP contribution in [0.3, 0.4) is 0 Å². The molecule has 0 radical (unpaired) electrons. The van der Waals surface area contributed by atoms with E-state index in [1.807, 2.05) is 0 Å². The predicted molar refractivity (Wildman–Crippen MR) is 41.0 cm³/mol. The van der Waals surface area contributed by atoms with Gasteiger partial charge in [-0.3, -0.25) is 0 Å². The number of hydrogen-bond acceptors (Lipinski definition) is 5. The van der Waals surface area contributed by atoms with Crippen LogP contribution in [0.2, 0.25) is 0 Å². The molecule has 1 heterocycles. The molecular formula is C4H4N2O2S2. The molecule has 0 amide bonds. The number of nitrogens with zero attached hydrogens (tertiary/aromatic N) is 2. The van der Waals surface area contributed by atoms with Gasteiger partial charge in [0.2, 0.25) is 0 Å². The number of carbonyl (C=O) groups excluding carboxylic acids is 1. The number of hydrogen-bond donors (Lipinski definition) is 2. The Morgan fingerprint density at radius 3 is 2.90 bits per heavy atom. The Labute approximate surface area is 68.3 Å². The van der Waals surface area contributed by atoms with E-state index >= 15 is 0 Å². The number of thiol groups is 2. The highest BCUT2D eigenvalue weighted by molar-refractivity contribution is 7.78. The molecule has 0 unspecified atom stereocenters. The lowest BCUT2D eigenvalue weighted by Gasteiger charge is -1.88. The zero-order chi connectivity index (χ0) is 7.56. The SMILES string of the molecule is O=C(OS)c1ccn(S)n1. The third-order valence-corrected chi connectivity index (χ3v) is 1.26. The largest absolute Gasteiger partial charge is 0.390 e.